The van der Waals surface area contributed by atoms with Gasteiger partial charge in [-0.3, -0.25) is 0 Å². The Kier molecular flexibility index (Phi) is 6.70. The first-order valence-corrected chi connectivity index (χ1v) is 12.5. The molecule has 35 heavy (non-hydrogen) atoms. The van der Waals surface area contributed by atoms with Crippen LogP contribution in [0.1, 0.15) is 63.5 Å². The van der Waals surface area contributed by atoms with E-state index in [0.717, 1.165) is 24.9 Å². The molecule has 0 saturated heterocycles. The number of ether oxygens (including phenoxy) is 1. The van der Waals surface area contributed by atoms with Crippen LogP contribution in [-0.2, 0) is 11.2 Å². The fraction of sp³-hybridized carbons (Fsp3) is 0.281. The van der Waals surface area contributed by atoms with E-state index in [0.29, 0.717) is 17.4 Å². The maximum absolute atomic E-state index is 12.1. The highest BCUT2D eigenvalue weighted by molar-refractivity contribution is 5.91. The van der Waals surface area contributed by atoms with Crippen molar-refractivity contribution in [2.24, 2.45) is 5.92 Å². The number of nitrogens with one attached hydrogen (secondary N) is 1. The molecule has 0 aliphatic heterocycles. The van der Waals surface area contributed by atoms with E-state index in [4.69, 9.17) is 4.74 Å². The molecule has 0 radical (unpaired) electrons. The normalized spacial score (nSPS) is 18.1. The Bertz CT molecular complexity index is 1350. The van der Waals surface area contributed by atoms with Crippen molar-refractivity contribution in [3.05, 3.63) is 118 Å². The lowest BCUT2D eigenvalue weighted by Crippen LogP contribution is -2.31. The Morgan fingerprint density at radius 2 is 1.77 bits per heavy atom. The lowest BCUT2D eigenvalue weighted by Gasteiger charge is -2.33. The lowest BCUT2D eigenvalue weighted by atomic mass is 9.73. The van der Waals surface area contributed by atoms with Gasteiger partial charge in [0.15, 0.2) is 0 Å². The van der Waals surface area contributed by atoms with E-state index in [2.05, 4.69) is 91.1 Å². The van der Waals surface area contributed by atoms with Gasteiger partial charge in [0.1, 0.15) is 0 Å². The molecular weight excluding hydrogens is 430 g/mol. The molecule has 1 aliphatic rings. The third kappa shape index (κ3) is 4.74. The second kappa shape index (κ2) is 10.1. The summed E-state index contributed by atoms with van der Waals surface area (Å²) in [6.07, 6.45) is 2.17. The summed E-state index contributed by atoms with van der Waals surface area (Å²) in [6, 6.07) is 30.5. The van der Waals surface area contributed by atoms with Crippen molar-refractivity contribution in [1.29, 1.82) is 0 Å². The summed E-state index contributed by atoms with van der Waals surface area (Å²) in [4.78, 5) is 12.1. The molecular formula is C32H33NO2. The van der Waals surface area contributed by atoms with Crippen molar-refractivity contribution >= 4 is 16.7 Å². The molecule has 0 amide bonds. The molecule has 178 valence electrons. The number of aryl methyl sites for hydroxylation is 1. The lowest BCUT2D eigenvalue weighted by molar-refractivity contribution is 0.0600. The number of carbonyl (C=O) groups excluding carboxylic acids is 1. The minimum Gasteiger partial charge on any atom is -0.465 e. The van der Waals surface area contributed by atoms with Crippen molar-refractivity contribution < 1.29 is 9.53 Å². The SMILES string of the molecule is COC(=O)c1ccc(C2CC(CNC(C)c3cccc4ccccc34)Cc3ccccc32)cc1C. The van der Waals surface area contributed by atoms with Crippen LogP contribution in [0.25, 0.3) is 10.8 Å². The molecule has 0 bridgehead atoms. The Morgan fingerprint density at radius 1 is 1.00 bits per heavy atom. The van der Waals surface area contributed by atoms with E-state index >= 15 is 0 Å². The van der Waals surface area contributed by atoms with E-state index in [1.54, 1.807) is 0 Å². The zero-order chi connectivity index (χ0) is 24.4. The number of hydrogen-bond donors (Lipinski definition) is 1. The average Bonchev–Trinajstić information content (AvgIpc) is 2.90. The van der Waals surface area contributed by atoms with Gasteiger partial charge >= 0.3 is 5.97 Å². The maximum Gasteiger partial charge on any atom is 0.338 e. The number of methoxy groups -OCH3 is 1. The monoisotopic (exact) mass is 463 g/mol. The highest BCUT2D eigenvalue weighted by Crippen LogP contribution is 2.40. The molecule has 3 unspecified atom stereocenters. The van der Waals surface area contributed by atoms with Gasteiger partial charge in [-0.05, 0) is 83.8 Å². The second-order valence-electron chi connectivity index (χ2n) is 9.82. The average molecular weight is 464 g/mol. The van der Waals surface area contributed by atoms with E-state index < -0.39 is 0 Å². The third-order valence-corrected chi connectivity index (χ3v) is 7.57. The molecule has 1 aliphatic carbocycles. The number of rotatable bonds is 6. The minimum atomic E-state index is -0.275. The van der Waals surface area contributed by atoms with E-state index in [1.807, 2.05) is 13.0 Å². The van der Waals surface area contributed by atoms with Crippen molar-refractivity contribution in [2.75, 3.05) is 13.7 Å². The Labute approximate surface area is 208 Å². The first kappa shape index (κ1) is 23.3. The molecule has 4 aromatic rings. The zero-order valence-corrected chi connectivity index (χ0v) is 20.8. The van der Waals surface area contributed by atoms with Gasteiger partial charge in [-0.2, -0.15) is 0 Å². The molecule has 3 heteroatoms. The smallest absolute Gasteiger partial charge is 0.338 e. The number of carbonyl (C=O) groups is 1. The highest BCUT2D eigenvalue weighted by Gasteiger charge is 2.28. The molecule has 0 spiro atoms. The van der Waals surface area contributed by atoms with Crippen LogP contribution < -0.4 is 5.32 Å². The van der Waals surface area contributed by atoms with Gasteiger partial charge in [-0.1, -0.05) is 78.9 Å². The van der Waals surface area contributed by atoms with Gasteiger partial charge in [0.2, 0.25) is 0 Å². The molecule has 4 aromatic carbocycles. The summed E-state index contributed by atoms with van der Waals surface area (Å²) >= 11 is 0. The summed E-state index contributed by atoms with van der Waals surface area (Å²) in [5, 5.41) is 6.46. The van der Waals surface area contributed by atoms with Gasteiger partial charge in [-0.25, -0.2) is 4.79 Å². The van der Waals surface area contributed by atoms with Crippen LogP contribution in [0.2, 0.25) is 0 Å². The fourth-order valence-electron chi connectivity index (χ4n) is 5.71. The number of fused-ring (bicyclic) bond motifs is 2. The summed E-state index contributed by atoms with van der Waals surface area (Å²) < 4.78 is 4.95. The van der Waals surface area contributed by atoms with Gasteiger partial charge in [0.05, 0.1) is 12.7 Å². The van der Waals surface area contributed by atoms with Crippen LogP contribution in [0.5, 0.6) is 0 Å². The Hall–Kier alpha value is -3.43. The van der Waals surface area contributed by atoms with E-state index in [-0.39, 0.29) is 12.0 Å². The van der Waals surface area contributed by atoms with Crippen LogP contribution in [-0.4, -0.2) is 19.6 Å². The molecule has 0 heterocycles. The molecule has 1 N–H and O–H groups in total. The third-order valence-electron chi connectivity index (χ3n) is 7.57. The molecule has 0 fully saturated rings. The van der Waals surface area contributed by atoms with E-state index in [9.17, 15) is 4.79 Å². The summed E-state index contributed by atoms with van der Waals surface area (Å²) in [5.41, 5.74) is 7.08. The Balaban J connectivity index is 1.37. The topological polar surface area (TPSA) is 38.3 Å². The first-order valence-electron chi connectivity index (χ1n) is 12.5. The van der Waals surface area contributed by atoms with Crippen molar-refractivity contribution in [3.63, 3.8) is 0 Å². The van der Waals surface area contributed by atoms with Crippen molar-refractivity contribution in [3.8, 4) is 0 Å². The fourth-order valence-corrected chi connectivity index (χ4v) is 5.71. The minimum absolute atomic E-state index is 0.275. The number of esters is 1. The van der Waals surface area contributed by atoms with Crippen LogP contribution in [0, 0.1) is 12.8 Å². The first-order chi connectivity index (χ1) is 17.0. The van der Waals surface area contributed by atoms with Gasteiger partial charge in [0, 0.05) is 12.0 Å². The maximum atomic E-state index is 12.1. The number of benzene rings is 4. The summed E-state index contributed by atoms with van der Waals surface area (Å²) in [6.45, 7) is 5.23. The molecule has 3 atom stereocenters. The predicted octanol–water partition coefficient (Wildman–Crippen LogP) is 6.98. The molecule has 3 nitrogen and oxygen atoms in total. The Morgan fingerprint density at radius 3 is 2.60 bits per heavy atom. The van der Waals surface area contributed by atoms with Crippen molar-refractivity contribution in [2.45, 2.75) is 38.6 Å². The quantitative estimate of drug-likeness (QED) is 0.314. The zero-order valence-electron chi connectivity index (χ0n) is 20.8. The molecule has 0 aromatic heterocycles. The van der Waals surface area contributed by atoms with Gasteiger partial charge < -0.3 is 10.1 Å². The standard InChI is InChI=1S/C32H33NO2/c1-21-17-26(15-16-27(21)32(34)35-3)31-19-23(18-25-10-5-7-13-30(25)31)20-33-22(2)28-14-8-11-24-9-4-6-12-29(24)28/h4-17,22-23,31,33H,18-20H2,1-3H3. The number of hydrogen-bond acceptors (Lipinski definition) is 3. The molecule has 0 saturated carbocycles. The van der Waals surface area contributed by atoms with Crippen molar-refractivity contribution in [1.82, 2.24) is 5.32 Å². The molecule has 5 rings (SSSR count). The highest BCUT2D eigenvalue weighted by atomic mass is 16.5. The summed E-state index contributed by atoms with van der Waals surface area (Å²) in [7, 11) is 1.43. The predicted molar refractivity (Wildman–Crippen MR) is 143 cm³/mol. The van der Waals surface area contributed by atoms with Crippen LogP contribution in [0.4, 0.5) is 0 Å². The van der Waals surface area contributed by atoms with Gasteiger partial charge in [0.25, 0.3) is 0 Å². The van der Waals surface area contributed by atoms with Crippen LogP contribution >= 0.6 is 0 Å². The van der Waals surface area contributed by atoms with Gasteiger partial charge in [-0.15, -0.1) is 0 Å². The van der Waals surface area contributed by atoms with E-state index in [1.165, 1.54) is 40.1 Å². The second-order valence-corrected chi connectivity index (χ2v) is 9.82. The summed E-state index contributed by atoms with van der Waals surface area (Å²) in [5.74, 6) is 0.584. The largest absolute Gasteiger partial charge is 0.465 e. The van der Waals surface area contributed by atoms with Crippen LogP contribution in [0.3, 0.4) is 0 Å². The van der Waals surface area contributed by atoms with Crippen LogP contribution in [0.15, 0.2) is 84.9 Å².